The van der Waals surface area contributed by atoms with Crippen LogP contribution in [-0.2, 0) is 4.74 Å². The van der Waals surface area contributed by atoms with Gasteiger partial charge in [-0.05, 0) is 31.1 Å². The molecule has 1 aromatic carbocycles. The van der Waals surface area contributed by atoms with Gasteiger partial charge >= 0.3 is 0 Å². The molecule has 1 aliphatic heterocycles. The number of aliphatic hydroxyl groups is 1. The zero-order valence-electron chi connectivity index (χ0n) is 14.1. The van der Waals surface area contributed by atoms with E-state index in [4.69, 9.17) is 9.16 Å². The fourth-order valence-corrected chi connectivity index (χ4v) is 3.08. The molecule has 0 aliphatic carbocycles. The molecule has 1 N–H and O–H groups in total. The zero-order chi connectivity index (χ0) is 15.9. The lowest BCUT2D eigenvalue weighted by Crippen LogP contribution is -2.44. The average molecular weight is 308 g/mol. The van der Waals surface area contributed by atoms with Crippen molar-refractivity contribution in [1.82, 2.24) is 0 Å². The molecular formula is C17H28O3Si. The monoisotopic (exact) mass is 308 g/mol. The molecule has 1 aromatic rings. The minimum atomic E-state index is -1.91. The van der Waals surface area contributed by atoms with Gasteiger partial charge in [0.05, 0.1) is 18.3 Å². The van der Waals surface area contributed by atoms with E-state index in [9.17, 15) is 5.11 Å². The van der Waals surface area contributed by atoms with Gasteiger partial charge in [0.25, 0.3) is 0 Å². The number of para-hydroxylation sites is 1. The number of benzene rings is 1. The smallest absolute Gasteiger partial charge is 0.250 e. The molecule has 1 heterocycles. The van der Waals surface area contributed by atoms with Crippen LogP contribution in [0.1, 0.15) is 45.8 Å². The van der Waals surface area contributed by atoms with Gasteiger partial charge in [-0.25, -0.2) is 0 Å². The summed E-state index contributed by atoms with van der Waals surface area (Å²) >= 11 is 0. The zero-order valence-corrected chi connectivity index (χ0v) is 15.1. The van der Waals surface area contributed by atoms with Crippen molar-refractivity contribution < 1.29 is 14.3 Å². The molecule has 0 amide bonds. The van der Waals surface area contributed by atoms with Crippen LogP contribution in [0.15, 0.2) is 24.3 Å². The van der Waals surface area contributed by atoms with Gasteiger partial charge in [-0.3, -0.25) is 0 Å². The highest BCUT2D eigenvalue weighted by Gasteiger charge is 2.43. The van der Waals surface area contributed by atoms with E-state index < -0.39 is 14.4 Å². The first-order chi connectivity index (χ1) is 9.54. The van der Waals surface area contributed by atoms with Gasteiger partial charge < -0.3 is 14.3 Å². The van der Waals surface area contributed by atoms with E-state index in [0.717, 1.165) is 17.9 Å². The maximum atomic E-state index is 10.5. The van der Waals surface area contributed by atoms with E-state index in [1.165, 1.54) is 0 Å². The minimum absolute atomic E-state index is 0.136. The van der Waals surface area contributed by atoms with Crippen LogP contribution in [0.5, 0.6) is 5.75 Å². The normalized spacial score (nSPS) is 23.8. The van der Waals surface area contributed by atoms with Crippen LogP contribution >= 0.6 is 0 Å². The molecule has 1 fully saturated rings. The van der Waals surface area contributed by atoms with Gasteiger partial charge in [0, 0.05) is 12.0 Å². The van der Waals surface area contributed by atoms with Crippen LogP contribution in [0.4, 0.5) is 0 Å². The molecule has 4 heteroatoms. The molecule has 0 saturated carbocycles. The van der Waals surface area contributed by atoms with Crippen LogP contribution in [0, 0.1) is 0 Å². The fourth-order valence-electron chi connectivity index (χ4n) is 2.04. The van der Waals surface area contributed by atoms with E-state index in [-0.39, 0.29) is 10.6 Å². The Morgan fingerprint density at radius 3 is 2.43 bits per heavy atom. The molecular weight excluding hydrogens is 280 g/mol. The molecule has 118 valence electrons. The topological polar surface area (TPSA) is 42.0 Å². The molecule has 1 saturated heterocycles. The van der Waals surface area contributed by atoms with Crippen LogP contribution in [0.2, 0.25) is 18.1 Å². The largest absolute Gasteiger partial charge is 0.543 e. The summed E-state index contributed by atoms with van der Waals surface area (Å²) in [6, 6.07) is 7.84. The summed E-state index contributed by atoms with van der Waals surface area (Å²) < 4.78 is 11.8. The van der Waals surface area contributed by atoms with Gasteiger partial charge in [0.1, 0.15) is 5.75 Å². The summed E-state index contributed by atoms with van der Waals surface area (Å²) in [6.45, 7) is 13.9. The average Bonchev–Trinajstić information content (AvgIpc) is 3.05. The lowest BCUT2D eigenvalue weighted by atomic mass is 9.98. The summed E-state index contributed by atoms with van der Waals surface area (Å²) in [5, 5.41) is 10.7. The molecule has 0 spiro atoms. The molecule has 1 aliphatic rings. The molecule has 0 radical (unpaired) electrons. The lowest BCUT2D eigenvalue weighted by Gasteiger charge is -2.37. The van der Waals surface area contributed by atoms with E-state index in [0.29, 0.717) is 6.42 Å². The third kappa shape index (κ3) is 3.87. The summed E-state index contributed by atoms with van der Waals surface area (Å²) in [5.41, 5.74) is 0.711. The number of hydrogen-bond acceptors (Lipinski definition) is 3. The van der Waals surface area contributed by atoms with Crippen LogP contribution in [0.3, 0.4) is 0 Å². The molecule has 0 unspecified atom stereocenters. The van der Waals surface area contributed by atoms with Crippen molar-refractivity contribution in [2.75, 3.05) is 6.61 Å². The Labute approximate surface area is 129 Å². The van der Waals surface area contributed by atoms with Gasteiger partial charge in [0.15, 0.2) is 0 Å². The fraction of sp³-hybridized carbons (Fsp3) is 0.647. The first-order valence-corrected chi connectivity index (χ1v) is 10.5. The Bertz CT molecular complexity index is 501. The first kappa shape index (κ1) is 16.5. The highest BCUT2D eigenvalue weighted by molar-refractivity contribution is 6.74. The van der Waals surface area contributed by atoms with Crippen LogP contribution < -0.4 is 4.43 Å². The molecule has 21 heavy (non-hydrogen) atoms. The number of hydrogen-bond donors (Lipinski definition) is 1. The summed E-state index contributed by atoms with van der Waals surface area (Å²) in [7, 11) is -1.91. The van der Waals surface area contributed by atoms with Crippen molar-refractivity contribution >= 4 is 8.32 Å². The van der Waals surface area contributed by atoms with E-state index in [1.807, 2.05) is 31.2 Å². The second-order valence-electron chi connectivity index (χ2n) is 7.86. The maximum Gasteiger partial charge on any atom is 0.250 e. The number of aliphatic hydroxyl groups excluding tert-OH is 1. The second kappa shape index (κ2) is 5.41. The van der Waals surface area contributed by atoms with Crippen molar-refractivity contribution in [1.29, 1.82) is 0 Å². The second-order valence-corrected chi connectivity index (χ2v) is 12.6. The summed E-state index contributed by atoms with van der Waals surface area (Å²) in [6.07, 6.45) is 0.0729. The maximum absolute atomic E-state index is 10.5. The molecule has 3 nitrogen and oxygen atoms in total. The Morgan fingerprint density at radius 2 is 1.90 bits per heavy atom. The number of epoxide rings is 1. The van der Waals surface area contributed by atoms with Crippen LogP contribution in [-0.4, -0.2) is 25.6 Å². The standard InChI is InChI=1S/C17H28O3Si/c1-16(2,3)21(5,6)20-15-10-8-7-9-13(15)14(18)11-17(4)12-19-17/h7-10,14,18H,11-12H2,1-6H3/t14-,17+/m0/s1. The third-order valence-corrected chi connectivity index (χ3v) is 9.05. The van der Waals surface area contributed by atoms with Crippen LogP contribution in [0.25, 0.3) is 0 Å². The third-order valence-electron chi connectivity index (χ3n) is 4.71. The van der Waals surface area contributed by atoms with Crippen molar-refractivity contribution in [3.05, 3.63) is 29.8 Å². The predicted octanol–water partition coefficient (Wildman–Crippen LogP) is 4.28. The number of ether oxygens (including phenoxy) is 1. The predicted molar refractivity (Wildman–Crippen MR) is 88.2 cm³/mol. The van der Waals surface area contributed by atoms with Gasteiger partial charge in [-0.15, -0.1) is 0 Å². The molecule has 2 atom stereocenters. The first-order valence-electron chi connectivity index (χ1n) is 7.64. The summed E-state index contributed by atoms with van der Waals surface area (Å²) in [5.74, 6) is 0.820. The molecule has 0 aromatic heterocycles. The lowest BCUT2D eigenvalue weighted by molar-refractivity contribution is 0.129. The summed E-state index contributed by atoms with van der Waals surface area (Å²) in [4.78, 5) is 0. The van der Waals surface area contributed by atoms with Gasteiger partial charge in [0.2, 0.25) is 8.32 Å². The SMILES string of the molecule is CC(C)(C)[Si](C)(C)Oc1ccccc1[C@@H](O)C[C@]1(C)CO1. The Hall–Kier alpha value is -0.843. The van der Waals surface area contributed by atoms with Crippen molar-refractivity contribution in [3.63, 3.8) is 0 Å². The van der Waals surface area contributed by atoms with E-state index >= 15 is 0 Å². The Balaban J connectivity index is 2.20. The van der Waals surface area contributed by atoms with Crippen molar-refractivity contribution in [2.24, 2.45) is 0 Å². The molecule has 2 rings (SSSR count). The quantitative estimate of drug-likeness (QED) is 0.652. The van der Waals surface area contributed by atoms with Gasteiger partial charge in [-0.2, -0.15) is 0 Å². The van der Waals surface area contributed by atoms with Crippen molar-refractivity contribution in [3.8, 4) is 5.75 Å². The molecule has 0 bridgehead atoms. The number of rotatable bonds is 5. The van der Waals surface area contributed by atoms with Gasteiger partial charge in [-0.1, -0.05) is 39.0 Å². The Kier molecular flexibility index (Phi) is 4.26. The van der Waals surface area contributed by atoms with Crippen molar-refractivity contribution in [2.45, 2.75) is 64.0 Å². The minimum Gasteiger partial charge on any atom is -0.543 e. The van der Waals surface area contributed by atoms with E-state index in [1.54, 1.807) is 0 Å². The Morgan fingerprint density at radius 1 is 1.33 bits per heavy atom. The highest BCUT2D eigenvalue weighted by atomic mass is 28.4. The highest BCUT2D eigenvalue weighted by Crippen LogP contribution is 2.41. The van der Waals surface area contributed by atoms with E-state index in [2.05, 4.69) is 33.9 Å².